The number of hydrogen-bond donors (Lipinski definition) is 1. The van der Waals surface area contributed by atoms with E-state index in [-0.39, 0.29) is 0 Å². The fraction of sp³-hybridized carbons (Fsp3) is 0.286. The topological polar surface area (TPSA) is 6.48 Å². The normalized spacial score (nSPS) is 16.9. The molecule has 1 aliphatic heterocycles. The first kappa shape index (κ1) is 37.5. The summed E-state index contributed by atoms with van der Waals surface area (Å²) in [6.45, 7) is 4.55. The minimum absolute atomic E-state index is 1.02. The van der Waals surface area contributed by atoms with Crippen molar-refractivity contribution in [1.82, 2.24) is 0 Å². The molecule has 2 nitrogen and oxygen atoms in total. The second-order valence-electron chi connectivity index (χ2n) is 12.8. The van der Waals surface area contributed by atoms with Crippen molar-refractivity contribution in [2.75, 3.05) is 38.0 Å². The molecule has 1 heterocycles. The summed E-state index contributed by atoms with van der Waals surface area (Å²) in [7, 11) is 8.40. The zero-order valence-electron chi connectivity index (χ0n) is 29.2. The number of anilines is 2. The summed E-state index contributed by atoms with van der Waals surface area (Å²) < 4.78 is 2.58. The zero-order chi connectivity index (χ0) is 34.4. The number of aryl methyl sites for hydroxylation is 2. The Balaban J connectivity index is 1.64. The average Bonchev–Trinajstić information content (AvgIpc) is 3.08. The molecule has 1 aliphatic carbocycles. The molecule has 0 aromatic heterocycles. The van der Waals surface area contributed by atoms with Gasteiger partial charge in [-0.1, -0.05) is 0 Å². The van der Waals surface area contributed by atoms with E-state index in [9.17, 15) is 0 Å². The fourth-order valence-corrected chi connectivity index (χ4v) is 10.3. The molecule has 0 amide bonds. The number of thiol groups is 1. The maximum absolute atomic E-state index is 4.94. The van der Waals surface area contributed by atoms with E-state index < -0.39 is 0 Å². The molecule has 3 aromatic rings. The third kappa shape index (κ3) is 9.12. The predicted molar refractivity (Wildman–Crippen MR) is 218 cm³/mol. The number of fused-ring (bicyclic) bond motifs is 1. The summed E-state index contributed by atoms with van der Waals surface area (Å²) in [6.07, 6.45) is 19.8. The Bertz CT molecular complexity index is 1830. The van der Waals surface area contributed by atoms with Crippen molar-refractivity contribution < 1.29 is 0 Å². The minimum atomic E-state index is 1.02. The van der Waals surface area contributed by atoms with E-state index in [4.69, 9.17) is 12.6 Å². The van der Waals surface area contributed by atoms with E-state index in [0.717, 1.165) is 92.5 Å². The Morgan fingerprint density at radius 1 is 0.875 bits per heavy atom. The Hall–Kier alpha value is -1.76. The van der Waals surface area contributed by atoms with E-state index in [1.165, 1.54) is 74.4 Å². The predicted octanol–water partition coefficient (Wildman–Crippen LogP) is 10.5. The van der Waals surface area contributed by atoms with Crippen molar-refractivity contribution in [3.8, 4) is 0 Å². The van der Waals surface area contributed by atoms with Crippen LogP contribution >= 0.6 is 24.4 Å². The van der Waals surface area contributed by atoms with E-state index >= 15 is 0 Å². The van der Waals surface area contributed by atoms with Gasteiger partial charge in [0.1, 0.15) is 0 Å². The van der Waals surface area contributed by atoms with Crippen LogP contribution in [-0.4, -0.2) is 79.7 Å². The number of thioether (sulfide) groups is 1. The van der Waals surface area contributed by atoms with Crippen molar-refractivity contribution in [3.63, 3.8) is 0 Å². The molecule has 0 saturated heterocycles. The molecule has 0 N–H and O–H groups in total. The summed E-state index contributed by atoms with van der Waals surface area (Å²) in [4.78, 5) is 6.72. The van der Waals surface area contributed by atoms with Gasteiger partial charge >= 0.3 is 334 Å². The first-order chi connectivity index (χ1) is 23.1. The molecule has 6 radical (unpaired) electrons. The van der Waals surface area contributed by atoms with Gasteiger partial charge in [-0.3, -0.25) is 0 Å². The van der Waals surface area contributed by atoms with Gasteiger partial charge < -0.3 is 0 Å². The van der Waals surface area contributed by atoms with Gasteiger partial charge in [-0.15, -0.1) is 0 Å². The first-order valence-electron chi connectivity index (χ1n) is 16.9. The van der Waals surface area contributed by atoms with Crippen molar-refractivity contribution >= 4 is 104 Å². The summed E-state index contributed by atoms with van der Waals surface area (Å²) >= 11 is 9.05. The number of benzene rings is 3. The van der Waals surface area contributed by atoms with Gasteiger partial charge in [0.2, 0.25) is 0 Å². The van der Waals surface area contributed by atoms with Crippen LogP contribution < -0.4 is 9.80 Å². The quantitative estimate of drug-likeness (QED) is 0.123. The third-order valence-corrected chi connectivity index (χ3v) is 12.9. The maximum atomic E-state index is 4.94. The number of hydrogen-bond acceptors (Lipinski definition) is 4. The molecular formula is C42H46N2Pb2S2. The van der Waals surface area contributed by atoms with Crippen molar-refractivity contribution in [3.05, 3.63) is 132 Å². The van der Waals surface area contributed by atoms with Crippen LogP contribution in [0.4, 0.5) is 11.4 Å². The SMILES string of the molecule is CCc1cc(CC)cc(C2=C(/C=C/C(=C/[CH2][Pb])c3ccc(N(C)C)cc3S)CCC/C2=C\C=C2/C=[C]([Pb])Sc3cc(N(C)C)ccc32)c1. The second kappa shape index (κ2) is 17.4. The van der Waals surface area contributed by atoms with E-state index in [2.05, 4.69) is 143 Å². The van der Waals surface area contributed by atoms with Crippen LogP contribution in [0.25, 0.3) is 16.7 Å². The standard InChI is InChI=1S/C42H46N2S2.2Pb/c1-8-29-24-30(9-2)26-35(25-29)42-33(16-14-31(10-3)38-20-18-36(43(4)5)27-40(38)45)12-11-13-34(42)17-15-32-22-23-46-41-28-37(44(6)7)19-21-39(32)41;;/h10,14-22,24-28,45H,3,8-9,11-13H2,1-2,4-7H3;;/b16-14+,31-10-,32-15+,34-17+;;. The molecule has 5 rings (SSSR count). The van der Waals surface area contributed by atoms with Gasteiger partial charge in [0.25, 0.3) is 0 Å². The van der Waals surface area contributed by atoms with Crippen molar-refractivity contribution in [2.45, 2.75) is 59.7 Å². The zero-order valence-corrected chi connectivity index (χ0v) is 38.6. The monoisotopic (exact) mass is 1060 g/mol. The molecule has 0 bridgehead atoms. The van der Waals surface area contributed by atoms with E-state index in [0.29, 0.717) is 0 Å². The number of allylic oxidation sites excluding steroid dienone is 11. The molecule has 0 saturated carbocycles. The van der Waals surface area contributed by atoms with Gasteiger partial charge in [0, 0.05) is 0 Å². The third-order valence-electron chi connectivity index (χ3n) is 9.05. The van der Waals surface area contributed by atoms with E-state index in [1.54, 1.807) is 0 Å². The first-order valence-corrected chi connectivity index (χ1v) is 22.8. The van der Waals surface area contributed by atoms with Crippen LogP contribution in [0, 0.1) is 0 Å². The van der Waals surface area contributed by atoms with Crippen LogP contribution in [0.2, 0.25) is 3.98 Å². The number of nitrogens with zero attached hydrogens (tertiary/aromatic N) is 2. The summed E-state index contributed by atoms with van der Waals surface area (Å²) in [6, 6.07) is 20.8. The molecule has 0 unspecified atom stereocenters. The van der Waals surface area contributed by atoms with Gasteiger partial charge in [-0.25, -0.2) is 0 Å². The number of rotatable bonds is 10. The van der Waals surface area contributed by atoms with Crippen molar-refractivity contribution in [2.24, 2.45) is 0 Å². The summed E-state index contributed by atoms with van der Waals surface area (Å²) in [5.74, 6) is 0. The fourth-order valence-electron chi connectivity index (χ4n) is 6.36. The van der Waals surface area contributed by atoms with E-state index in [1.807, 2.05) is 11.8 Å². The van der Waals surface area contributed by atoms with Crippen LogP contribution in [0.3, 0.4) is 0 Å². The molecule has 0 spiro atoms. The van der Waals surface area contributed by atoms with Crippen LogP contribution in [0.5, 0.6) is 0 Å². The Morgan fingerprint density at radius 2 is 1.56 bits per heavy atom. The summed E-state index contributed by atoms with van der Waals surface area (Å²) in [5, 5.41) is 0. The molecule has 0 atom stereocenters. The molecule has 3 aromatic carbocycles. The Kier molecular flexibility index (Phi) is 13.6. The molecule has 244 valence electrons. The molecule has 6 heteroatoms. The Morgan fingerprint density at radius 3 is 2.21 bits per heavy atom. The van der Waals surface area contributed by atoms with Gasteiger partial charge in [0.15, 0.2) is 0 Å². The molecule has 48 heavy (non-hydrogen) atoms. The average molecular weight is 1060 g/mol. The van der Waals surface area contributed by atoms with Gasteiger partial charge in [0.05, 0.1) is 0 Å². The molecular weight excluding hydrogens is 1010 g/mol. The van der Waals surface area contributed by atoms with Crippen LogP contribution in [0.1, 0.15) is 60.9 Å². The molecule has 0 fully saturated rings. The van der Waals surface area contributed by atoms with Crippen molar-refractivity contribution in [1.29, 1.82) is 0 Å². The second-order valence-corrected chi connectivity index (χ2v) is 19.4. The molecule has 2 aliphatic rings. The van der Waals surface area contributed by atoms with Gasteiger partial charge in [-0.05, 0) is 0 Å². The van der Waals surface area contributed by atoms with Gasteiger partial charge in [-0.2, -0.15) is 0 Å². The Labute approximate surface area is 331 Å². The van der Waals surface area contributed by atoms with Crippen LogP contribution in [-0.2, 0) is 12.8 Å². The van der Waals surface area contributed by atoms with Crippen LogP contribution in [0.15, 0.2) is 114 Å². The summed E-state index contributed by atoms with van der Waals surface area (Å²) in [5.41, 5.74) is 16.0.